The fourth-order valence-electron chi connectivity index (χ4n) is 8.77. The Morgan fingerprint density at radius 3 is 2.16 bits per heavy atom. The van der Waals surface area contributed by atoms with Crippen molar-refractivity contribution in [2.45, 2.75) is 93.5 Å². The first-order valence-electron chi connectivity index (χ1n) is 21.5. The van der Waals surface area contributed by atoms with Crippen molar-refractivity contribution < 1.29 is 52.1 Å². The zero-order valence-electron chi connectivity index (χ0n) is 37.4. The summed E-state index contributed by atoms with van der Waals surface area (Å²) in [5, 5.41) is 18.9. The van der Waals surface area contributed by atoms with Gasteiger partial charge in [0.1, 0.15) is 12.4 Å². The quantitative estimate of drug-likeness (QED) is 0.0830. The number of allylic oxidation sites excluding steroid dienone is 1. The number of para-hydroxylation sites is 1. The molecule has 2 aliphatic heterocycles. The standard InChI is InChI=1S/C41H42Cl4N4O8.C6H4F2O.CH3F/c1-4-8-25-13-15-27(16-14-25)31-20-40-24-46(37(51)56-30-11-7-9-26(19-30)23-55-49(53)54)22-33(40)48(38(52)57-39(2,3)41(43,44)45)35(40)34(31)36(50)47(29-17-18-29)21-28-10-5-6-12-32(28)42;7-4-2-1-3-5(8)6(4)9;1-2/h5-7,9-16,19,29,33,35H,4,8,17-18,20-24H2,1-3H3;1-3,9H;1H3. The van der Waals surface area contributed by atoms with Gasteiger partial charge in [-0.1, -0.05) is 120 Å². The first-order valence-corrected chi connectivity index (χ1v) is 23.0. The Balaban J connectivity index is 0.000000615. The van der Waals surface area contributed by atoms with Crippen molar-refractivity contribution in [1.29, 1.82) is 0 Å². The van der Waals surface area contributed by atoms with Gasteiger partial charge in [-0.2, -0.15) is 0 Å². The molecule has 3 amide bonds. The highest BCUT2D eigenvalue weighted by atomic mass is 35.6. The maximum Gasteiger partial charge on any atom is 0.415 e. The lowest BCUT2D eigenvalue weighted by Crippen LogP contribution is -2.72. The number of likely N-dealkylation sites (tertiary alicyclic amines) is 2. The van der Waals surface area contributed by atoms with Crippen molar-refractivity contribution in [3.63, 3.8) is 0 Å². The minimum absolute atomic E-state index is 0.0212. The predicted molar refractivity (Wildman–Crippen MR) is 251 cm³/mol. The molecule has 0 aromatic heterocycles. The number of carbonyl (C=O) groups is 3. The van der Waals surface area contributed by atoms with Gasteiger partial charge in [0.05, 0.1) is 19.3 Å². The van der Waals surface area contributed by atoms with Crippen LogP contribution in [0.15, 0.2) is 96.6 Å². The molecular weight excluding hydrogens is 975 g/mol. The van der Waals surface area contributed by atoms with Gasteiger partial charge in [-0.25, -0.2) is 18.4 Å². The molecule has 2 heterocycles. The Morgan fingerprint density at radius 2 is 1.57 bits per heavy atom. The molecule has 364 valence electrons. The zero-order chi connectivity index (χ0) is 49.7. The lowest BCUT2D eigenvalue weighted by Gasteiger charge is -2.57. The Morgan fingerprint density at radius 1 is 0.926 bits per heavy atom. The summed E-state index contributed by atoms with van der Waals surface area (Å²) in [5.74, 6) is -2.85. The number of hydrogen-bond acceptors (Lipinski definition) is 9. The topological polar surface area (TPSA) is 152 Å². The van der Waals surface area contributed by atoms with E-state index in [2.05, 4.69) is 23.9 Å². The number of carbonyl (C=O) groups excluding carboxylic acids is 3. The number of phenolic OH excluding ortho intramolecular Hbond substituents is 1. The van der Waals surface area contributed by atoms with E-state index in [-0.39, 0.29) is 43.9 Å². The van der Waals surface area contributed by atoms with E-state index in [1.54, 1.807) is 24.3 Å². The molecule has 13 nitrogen and oxygen atoms in total. The molecule has 0 bridgehead atoms. The number of halogens is 7. The molecule has 1 saturated carbocycles. The molecular formula is C48H49Cl4F3N4O9. The van der Waals surface area contributed by atoms with Gasteiger partial charge in [0.15, 0.2) is 23.0 Å². The smallest absolute Gasteiger partial charge is 0.415 e. The second-order valence-electron chi connectivity index (χ2n) is 17.2. The molecule has 3 fully saturated rings. The van der Waals surface area contributed by atoms with Gasteiger partial charge in [-0.05, 0) is 97.7 Å². The highest BCUT2D eigenvalue weighted by Gasteiger charge is 2.73. The Hall–Kier alpha value is -5.42. The maximum absolute atomic E-state index is 15.3. The average molecular weight is 1020 g/mol. The van der Waals surface area contributed by atoms with E-state index in [0.29, 0.717) is 29.8 Å². The lowest BCUT2D eigenvalue weighted by atomic mass is 9.66. The number of rotatable bonds is 12. The summed E-state index contributed by atoms with van der Waals surface area (Å²) in [6.45, 7) is 5.27. The van der Waals surface area contributed by atoms with Crippen molar-refractivity contribution in [3.8, 4) is 11.5 Å². The Bertz CT molecular complexity index is 2520. The molecule has 1 spiro atoms. The van der Waals surface area contributed by atoms with Gasteiger partial charge in [0.2, 0.25) is 3.79 Å². The van der Waals surface area contributed by atoms with E-state index < -0.39 is 61.5 Å². The van der Waals surface area contributed by atoms with Crippen LogP contribution in [0.25, 0.3) is 5.57 Å². The monoisotopic (exact) mass is 1020 g/mol. The normalized spacial score (nSPS) is 19.3. The van der Waals surface area contributed by atoms with Crippen LogP contribution in [0, 0.1) is 27.2 Å². The first kappa shape index (κ1) is 52.0. The number of aromatic hydroxyl groups is 1. The van der Waals surface area contributed by atoms with E-state index in [9.17, 15) is 32.9 Å². The van der Waals surface area contributed by atoms with E-state index >= 15 is 4.79 Å². The third-order valence-electron chi connectivity index (χ3n) is 12.3. The Kier molecular flexibility index (Phi) is 16.4. The molecule has 20 heteroatoms. The fourth-order valence-corrected chi connectivity index (χ4v) is 9.09. The number of ether oxygens (including phenoxy) is 2. The molecule has 8 rings (SSSR count). The number of benzene rings is 4. The van der Waals surface area contributed by atoms with E-state index in [0.717, 1.165) is 60.1 Å². The zero-order valence-corrected chi connectivity index (χ0v) is 40.4. The van der Waals surface area contributed by atoms with E-state index in [4.69, 9.17) is 61.0 Å². The van der Waals surface area contributed by atoms with Crippen LogP contribution in [-0.2, 0) is 33.9 Å². The van der Waals surface area contributed by atoms with Crippen LogP contribution in [0.5, 0.6) is 11.5 Å². The summed E-state index contributed by atoms with van der Waals surface area (Å²) in [7, 11) is 0.500. The summed E-state index contributed by atoms with van der Waals surface area (Å²) < 4.78 is 43.4. The summed E-state index contributed by atoms with van der Waals surface area (Å²) in [6, 6.07) is 23.6. The number of amides is 3. The van der Waals surface area contributed by atoms with Crippen molar-refractivity contribution in [3.05, 3.63) is 146 Å². The maximum atomic E-state index is 15.3. The molecule has 3 atom stereocenters. The highest BCUT2D eigenvalue weighted by molar-refractivity contribution is 6.68. The molecule has 1 N–H and O–H groups in total. The van der Waals surface area contributed by atoms with E-state index in [1.165, 1.54) is 35.8 Å². The molecule has 4 aliphatic rings. The number of alkyl halides is 4. The lowest BCUT2D eigenvalue weighted by molar-refractivity contribution is -0.763. The largest absolute Gasteiger partial charge is 0.503 e. The first-order chi connectivity index (χ1) is 32.2. The predicted octanol–water partition coefficient (Wildman–Crippen LogP) is 11.4. The molecule has 0 radical (unpaired) electrons. The van der Waals surface area contributed by atoms with Crippen molar-refractivity contribution >= 4 is 70.1 Å². The summed E-state index contributed by atoms with van der Waals surface area (Å²) in [6.07, 6.45) is 2.42. The summed E-state index contributed by atoms with van der Waals surface area (Å²) in [4.78, 5) is 63.8. The van der Waals surface area contributed by atoms with Crippen LogP contribution in [0.4, 0.5) is 22.8 Å². The second-order valence-corrected chi connectivity index (χ2v) is 19.9. The van der Waals surface area contributed by atoms with Gasteiger partial charge in [-0.15, -0.1) is 10.1 Å². The Labute approximate surface area is 411 Å². The van der Waals surface area contributed by atoms with Crippen LogP contribution < -0.4 is 4.74 Å². The second kappa shape index (κ2) is 21.5. The number of hydrogen-bond donors (Lipinski definition) is 1. The summed E-state index contributed by atoms with van der Waals surface area (Å²) >= 11 is 25.5. The number of aryl methyl sites for hydroxylation is 1. The molecule has 2 aliphatic carbocycles. The minimum atomic E-state index is -1.98. The number of nitrogens with zero attached hydrogens (tertiary/aromatic N) is 4. The van der Waals surface area contributed by atoms with Gasteiger partial charge >= 0.3 is 12.2 Å². The molecule has 2 saturated heterocycles. The summed E-state index contributed by atoms with van der Waals surface area (Å²) in [5.41, 5.74) is 2.12. The van der Waals surface area contributed by atoms with Crippen molar-refractivity contribution in [2.24, 2.45) is 5.41 Å². The highest BCUT2D eigenvalue weighted by Crippen LogP contribution is 2.63. The average Bonchev–Trinajstić information content (AvgIpc) is 4.04. The molecule has 3 unspecified atom stereocenters. The van der Waals surface area contributed by atoms with Crippen molar-refractivity contribution in [1.82, 2.24) is 14.7 Å². The third kappa shape index (κ3) is 11.2. The van der Waals surface area contributed by atoms with Crippen molar-refractivity contribution in [2.75, 3.05) is 20.3 Å². The van der Waals surface area contributed by atoms with Crippen LogP contribution >= 0.6 is 46.4 Å². The minimum Gasteiger partial charge on any atom is -0.503 e. The SMILES string of the molecule is CCCc1ccc(C2=C(C(=O)N(Cc3ccccc3Cl)C3CC3)C3N(C(=O)OC(C)(C)C(Cl)(Cl)Cl)C4CN(C(=O)Oc5cccc(CO[N+](=O)[O-])c5)CC43C2)cc1.CF.Oc1c(F)cccc1F. The molecule has 68 heavy (non-hydrogen) atoms. The fraction of sp³-hybridized carbons (Fsp3) is 0.396. The van der Waals surface area contributed by atoms with Gasteiger partial charge in [0, 0.05) is 41.7 Å². The van der Waals surface area contributed by atoms with E-state index in [1.807, 2.05) is 35.2 Å². The van der Waals surface area contributed by atoms with Crippen LogP contribution in [0.3, 0.4) is 0 Å². The van der Waals surface area contributed by atoms with Crippen LogP contribution in [-0.4, -0.2) is 90.8 Å². The van der Waals surface area contributed by atoms with Gasteiger partial charge in [0.25, 0.3) is 11.0 Å². The molecule has 4 aromatic carbocycles. The third-order valence-corrected chi connectivity index (χ3v) is 14.0. The van der Waals surface area contributed by atoms with Crippen LogP contribution in [0.2, 0.25) is 5.02 Å². The number of phenols is 1. The van der Waals surface area contributed by atoms with Gasteiger partial charge < -0.3 is 29.2 Å². The van der Waals surface area contributed by atoms with Crippen LogP contribution in [0.1, 0.15) is 68.7 Å². The van der Waals surface area contributed by atoms with Gasteiger partial charge in [-0.3, -0.25) is 14.1 Å². The molecule has 4 aromatic rings.